The first-order valence-electron chi connectivity index (χ1n) is 6.80. The van der Waals surface area contributed by atoms with E-state index in [9.17, 15) is 8.78 Å². The second-order valence-corrected chi connectivity index (χ2v) is 5.12. The van der Waals surface area contributed by atoms with Crippen molar-refractivity contribution in [3.05, 3.63) is 64.7 Å². The summed E-state index contributed by atoms with van der Waals surface area (Å²) in [6.07, 6.45) is -2.57. The number of hydrogen-bond acceptors (Lipinski definition) is 2. The molecule has 0 aliphatic carbocycles. The normalized spacial score (nSPS) is 11.9. The van der Waals surface area contributed by atoms with Crippen LogP contribution in [0.4, 0.5) is 8.78 Å². The maximum Gasteiger partial charge on any atom is 0.257 e. The molecule has 0 radical (unpaired) electrons. The number of ether oxygens (including phenoxy) is 1. The molecule has 2 rings (SSSR count). The second kappa shape index (κ2) is 8.11. The highest BCUT2D eigenvalue weighted by Gasteiger charge is 2.19. The van der Waals surface area contributed by atoms with Crippen LogP contribution in [0.15, 0.2) is 42.5 Å². The van der Waals surface area contributed by atoms with Gasteiger partial charge in [-0.3, -0.25) is 0 Å². The van der Waals surface area contributed by atoms with Gasteiger partial charge in [0.2, 0.25) is 0 Å². The summed E-state index contributed by atoms with van der Waals surface area (Å²) in [7, 11) is 0. The van der Waals surface area contributed by atoms with Crippen molar-refractivity contribution in [1.82, 2.24) is 0 Å². The quantitative estimate of drug-likeness (QED) is 0.873. The molecule has 0 heterocycles. The lowest BCUT2D eigenvalue weighted by Gasteiger charge is -2.17. The highest BCUT2D eigenvalue weighted by atomic mass is 35.5. The van der Waals surface area contributed by atoms with Crippen LogP contribution in [-0.2, 0) is 6.61 Å². The fraction of sp³-hybridized carbons (Fsp3) is 0.294. The molecule has 0 bridgehead atoms. The monoisotopic (exact) mass is 327 g/mol. The van der Waals surface area contributed by atoms with E-state index >= 15 is 0 Å². The largest absolute Gasteiger partial charge is 0.488 e. The number of halogens is 3. The fourth-order valence-electron chi connectivity index (χ4n) is 2.28. The topological polar surface area (TPSA) is 35.2 Å². The number of benzene rings is 2. The maximum absolute atomic E-state index is 12.7. The summed E-state index contributed by atoms with van der Waals surface area (Å²) in [4.78, 5) is 0. The standard InChI is InChI=1S/C17H19F2NO.ClH/c1-11-8-14(15(20)17(18)19)9-12(2)16(11)21-10-13-6-4-3-5-7-13;/h3-9,15,17H,10,20H2,1-2H3;1H/t15-;/m1./s1. The van der Waals surface area contributed by atoms with Crippen molar-refractivity contribution in [2.75, 3.05) is 0 Å². The van der Waals surface area contributed by atoms with Gasteiger partial charge in [0.25, 0.3) is 6.43 Å². The predicted octanol–water partition coefficient (Wildman–Crippen LogP) is 4.57. The van der Waals surface area contributed by atoms with Gasteiger partial charge in [0.15, 0.2) is 0 Å². The summed E-state index contributed by atoms with van der Waals surface area (Å²) < 4.78 is 31.2. The number of rotatable bonds is 5. The third-order valence-corrected chi connectivity index (χ3v) is 3.37. The molecule has 0 aromatic heterocycles. The molecule has 2 aromatic carbocycles. The molecule has 0 aliphatic heterocycles. The Balaban J connectivity index is 0.00000242. The van der Waals surface area contributed by atoms with Crippen molar-refractivity contribution < 1.29 is 13.5 Å². The van der Waals surface area contributed by atoms with Crippen molar-refractivity contribution >= 4 is 12.4 Å². The van der Waals surface area contributed by atoms with Crippen LogP contribution in [0.5, 0.6) is 5.75 Å². The molecule has 0 amide bonds. The molecule has 0 aliphatic rings. The van der Waals surface area contributed by atoms with E-state index in [1.165, 1.54) is 0 Å². The van der Waals surface area contributed by atoms with E-state index < -0.39 is 12.5 Å². The van der Waals surface area contributed by atoms with Crippen LogP contribution in [-0.4, -0.2) is 6.43 Å². The summed E-state index contributed by atoms with van der Waals surface area (Å²) in [6, 6.07) is 11.9. The minimum atomic E-state index is -2.57. The molecule has 120 valence electrons. The minimum absolute atomic E-state index is 0. The van der Waals surface area contributed by atoms with Gasteiger partial charge in [-0.1, -0.05) is 42.5 Å². The Morgan fingerprint density at radius 2 is 1.59 bits per heavy atom. The smallest absolute Gasteiger partial charge is 0.257 e. The van der Waals surface area contributed by atoms with Crippen molar-refractivity contribution in [1.29, 1.82) is 0 Å². The summed E-state index contributed by atoms with van der Waals surface area (Å²) in [6.45, 7) is 4.13. The van der Waals surface area contributed by atoms with Crippen LogP contribution in [0.2, 0.25) is 0 Å². The van der Waals surface area contributed by atoms with Crippen molar-refractivity contribution in [2.45, 2.75) is 32.9 Å². The van der Waals surface area contributed by atoms with Crippen LogP contribution in [0.3, 0.4) is 0 Å². The highest BCUT2D eigenvalue weighted by Crippen LogP contribution is 2.29. The Hall–Kier alpha value is -1.65. The van der Waals surface area contributed by atoms with Gasteiger partial charge in [0, 0.05) is 0 Å². The van der Waals surface area contributed by atoms with Crippen LogP contribution in [0.1, 0.15) is 28.3 Å². The maximum atomic E-state index is 12.7. The molecule has 2 aromatic rings. The van der Waals surface area contributed by atoms with Crippen LogP contribution >= 0.6 is 12.4 Å². The Bertz CT molecular complexity index is 582. The Kier molecular flexibility index (Phi) is 6.78. The summed E-state index contributed by atoms with van der Waals surface area (Å²) >= 11 is 0. The van der Waals surface area contributed by atoms with Gasteiger partial charge < -0.3 is 10.5 Å². The molecule has 22 heavy (non-hydrogen) atoms. The van der Waals surface area contributed by atoms with E-state index in [-0.39, 0.29) is 12.4 Å². The lowest BCUT2D eigenvalue weighted by molar-refractivity contribution is 0.116. The molecule has 0 saturated heterocycles. The van der Waals surface area contributed by atoms with Crippen molar-refractivity contribution in [3.63, 3.8) is 0 Å². The lowest BCUT2D eigenvalue weighted by Crippen LogP contribution is -2.19. The van der Waals surface area contributed by atoms with E-state index in [4.69, 9.17) is 10.5 Å². The lowest BCUT2D eigenvalue weighted by atomic mass is 10.0. The van der Waals surface area contributed by atoms with Gasteiger partial charge in [0.1, 0.15) is 12.4 Å². The van der Waals surface area contributed by atoms with E-state index in [0.717, 1.165) is 22.4 Å². The van der Waals surface area contributed by atoms with E-state index in [0.29, 0.717) is 12.2 Å². The summed E-state index contributed by atoms with van der Waals surface area (Å²) in [5, 5.41) is 0. The predicted molar refractivity (Wildman–Crippen MR) is 86.9 cm³/mol. The molecular weight excluding hydrogens is 308 g/mol. The number of alkyl halides is 2. The Morgan fingerprint density at radius 1 is 1.05 bits per heavy atom. The van der Waals surface area contributed by atoms with E-state index in [2.05, 4.69) is 0 Å². The van der Waals surface area contributed by atoms with Crippen LogP contribution in [0, 0.1) is 13.8 Å². The van der Waals surface area contributed by atoms with Crippen molar-refractivity contribution in [3.8, 4) is 5.75 Å². The van der Waals surface area contributed by atoms with E-state index in [1.807, 2.05) is 44.2 Å². The molecule has 5 heteroatoms. The highest BCUT2D eigenvalue weighted by molar-refractivity contribution is 5.85. The molecule has 0 saturated carbocycles. The van der Waals surface area contributed by atoms with E-state index in [1.54, 1.807) is 12.1 Å². The zero-order chi connectivity index (χ0) is 15.4. The second-order valence-electron chi connectivity index (χ2n) is 5.12. The zero-order valence-electron chi connectivity index (χ0n) is 12.6. The number of aryl methyl sites for hydroxylation is 2. The van der Waals surface area contributed by atoms with Crippen LogP contribution in [0.25, 0.3) is 0 Å². The third-order valence-electron chi connectivity index (χ3n) is 3.37. The van der Waals surface area contributed by atoms with Gasteiger partial charge in [-0.15, -0.1) is 12.4 Å². The molecule has 0 spiro atoms. The third kappa shape index (κ3) is 4.42. The molecule has 0 unspecified atom stereocenters. The number of nitrogens with two attached hydrogens (primary N) is 1. The average Bonchev–Trinajstić information content (AvgIpc) is 2.46. The van der Waals surface area contributed by atoms with Crippen molar-refractivity contribution in [2.24, 2.45) is 5.73 Å². The zero-order valence-corrected chi connectivity index (χ0v) is 13.4. The van der Waals surface area contributed by atoms with Gasteiger partial charge in [-0.2, -0.15) is 0 Å². The SMILES string of the molecule is Cc1cc([C@@H](N)C(F)F)cc(C)c1OCc1ccccc1.Cl. The Labute approximate surface area is 135 Å². The molecule has 2 nitrogen and oxygen atoms in total. The Morgan fingerprint density at radius 3 is 2.09 bits per heavy atom. The fourth-order valence-corrected chi connectivity index (χ4v) is 2.28. The minimum Gasteiger partial charge on any atom is -0.488 e. The molecule has 1 atom stereocenters. The molecule has 2 N–H and O–H groups in total. The van der Waals surface area contributed by atoms with Crippen LogP contribution < -0.4 is 10.5 Å². The van der Waals surface area contributed by atoms with Gasteiger partial charge >= 0.3 is 0 Å². The first-order chi connectivity index (χ1) is 9.99. The van der Waals surface area contributed by atoms with Gasteiger partial charge in [0.05, 0.1) is 6.04 Å². The average molecular weight is 328 g/mol. The first-order valence-corrected chi connectivity index (χ1v) is 6.80. The first kappa shape index (κ1) is 18.4. The molecule has 0 fully saturated rings. The number of hydrogen-bond donors (Lipinski definition) is 1. The van der Waals surface area contributed by atoms with Gasteiger partial charge in [-0.25, -0.2) is 8.78 Å². The van der Waals surface area contributed by atoms with Gasteiger partial charge in [-0.05, 0) is 36.1 Å². The summed E-state index contributed by atoms with van der Waals surface area (Å²) in [5.74, 6) is 0.726. The molecular formula is C17H20ClF2NO. The summed E-state index contributed by atoms with van der Waals surface area (Å²) in [5.41, 5.74) is 8.63.